The molecule has 0 saturated carbocycles. The van der Waals surface area contributed by atoms with E-state index in [0.29, 0.717) is 11.0 Å². The number of amides is 1. The van der Waals surface area contributed by atoms with Crippen molar-refractivity contribution >= 4 is 28.5 Å². The van der Waals surface area contributed by atoms with Crippen molar-refractivity contribution in [2.45, 2.75) is 33.6 Å². The highest BCUT2D eigenvalue weighted by Gasteiger charge is 2.17. The van der Waals surface area contributed by atoms with Crippen LogP contribution in [0.4, 0.5) is 5.69 Å². The summed E-state index contributed by atoms with van der Waals surface area (Å²) in [4.78, 5) is 36.8. The highest BCUT2D eigenvalue weighted by atomic mass is 16.5. The average Bonchev–Trinajstić information content (AvgIpc) is 2.72. The Balaban J connectivity index is 1.71. The predicted molar refractivity (Wildman–Crippen MR) is 111 cm³/mol. The number of ether oxygens (including phenoxy) is 1. The van der Waals surface area contributed by atoms with Gasteiger partial charge in [-0.1, -0.05) is 43.7 Å². The zero-order valence-corrected chi connectivity index (χ0v) is 16.7. The lowest BCUT2D eigenvalue weighted by Crippen LogP contribution is -2.22. The number of carbonyl (C=O) groups excluding carboxylic acids is 2. The average molecular weight is 393 g/mol. The summed E-state index contributed by atoms with van der Waals surface area (Å²) < 4.78 is 10.5. The van der Waals surface area contributed by atoms with Crippen LogP contribution in [0.5, 0.6) is 0 Å². The topological polar surface area (TPSA) is 85.6 Å². The summed E-state index contributed by atoms with van der Waals surface area (Å²) >= 11 is 0. The first-order valence-electron chi connectivity index (χ1n) is 9.55. The molecule has 0 spiro atoms. The van der Waals surface area contributed by atoms with Crippen LogP contribution in [0.3, 0.4) is 0 Å². The zero-order valence-electron chi connectivity index (χ0n) is 16.7. The minimum Gasteiger partial charge on any atom is -0.450 e. The third-order valence-corrected chi connectivity index (χ3v) is 4.68. The molecule has 6 nitrogen and oxygen atoms in total. The molecule has 0 radical (unpaired) electrons. The fraction of sp³-hybridized carbons (Fsp3) is 0.261. The van der Waals surface area contributed by atoms with Crippen molar-refractivity contribution in [2.24, 2.45) is 0 Å². The van der Waals surface area contributed by atoms with E-state index in [0.717, 1.165) is 41.3 Å². The minimum atomic E-state index is -0.862. The van der Waals surface area contributed by atoms with Crippen LogP contribution in [-0.4, -0.2) is 18.5 Å². The van der Waals surface area contributed by atoms with Crippen LogP contribution in [0, 0.1) is 6.92 Å². The molecule has 150 valence electrons. The Bertz CT molecular complexity index is 1110. The summed E-state index contributed by atoms with van der Waals surface area (Å²) in [6.45, 7) is 5.40. The smallest absolute Gasteiger partial charge is 0.374 e. The van der Waals surface area contributed by atoms with Crippen LogP contribution in [-0.2, 0) is 22.4 Å². The van der Waals surface area contributed by atoms with E-state index in [1.54, 1.807) is 18.2 Å². The highest BCUT2D eigenvalue weighted by molar-refractivity contribution is 5.96. The van der Waals surface area contributed by atoms with E-state index in [1.165, 1.54) is 0 Å². The number of esters is 1. The van der Waals surface area contributed by atoms with Gasteiger partial charge in [0.1, 0.15) is 5.58 Å². The molecule has 1 heterocycles. The Hall–Kier alpha value is -3.41. The Morgan fingerprint density at radius 1 is 1.03 bits per heavy atom. The molecule has 6 heteroatoms. The Kier molecular flexibility index (Phi) is 6.12. The van der Waals surface area contributed by atoms with E-state index >= 15 is 0 Å². The van der Waals surface area contributed by atoms with Crippen molar-refractivity contribution in [1.29, 1.82) is 0 Å². The maximum absolute atomic E-state index is 12.3. The van der Waals surface area contributed by atoms with Gasteiger partial charge in [0.05, 0.1) is 5.39 Å². The van der Waals surface area contributed by atoms with Gasteiger partial charge in [-0.05, 0) is 43.0 Å². The molecule has 0 aliphatic rings. The molecule has 0 atom stereocenters. The lowest BCUT2D eigenvalue weighted by atomic mass is 10.0. The van der Waals surface area contributed by atoms with Gasteiger partial charge in [0, 0.05) is 11.8 Å². The SMILES string of the molecule is CCc1cccc(CC)c1NC(=O)COC(=O)c1cc(=O)c2cc(C)ccc2o1. The predicted octanol–water partition coefficient (Wildman–Crippen LogP) is 4.02. The second-order valence-corrected chi connectivity index (χ2v) is 6.76. The maximum atomic E-state index is 12.3. The number of aryl methyl sites for hydroxylation is 3. The molecule has 0 aliphatic heterocycles. The van der Waals surface area contributed by atoms with E-state index in [-0.39, 0.29) is 11.2 Å². The third kappa shape index (κ3) is 4.54. The van der Waals surface area contributed by atoms with E-state index in [1.807, 2.05) is 39.0 Å². The standard InChI is InChI=1S/C23H23NO5/c1-4-15-7-6-8-16(5-2)22(15)24-21(26)13-28-23(27)20-12-18(25)17-11-14(3)9-10-19(17)29-20/h6-12H,4-5,13H2,1-3H3,(H,24,26). The van der Waals surface area contributed by atoms with Crippen molar-refractivity contribution in [3.05, 3.63) is 75.1 Å². The highest BCUT2D eigenvalue weighted by Crippen LogP contribution is 2.22. The van der Waals surface area contributed by atoms with Crippen molar-refractivity contribution < 1.29 is 18.7 Å². The van der Waals surface area contributed by atoms with Crippen LogP contribution in [0.2, 0.25) is 0 Å². The molecule has 0 unspecified atom stereocenters. The van der Waals surface area contributed by atoms with Gasteiger partial charge < -0.3 is 14.5 Å². The Morgan fingerprint density at radius 3 is 2.38 bits per heavy atom. The van der Waals surface area contributed by atoms with Gasteiger partial charge in [0.2, 0.25) is 5.76 Å². The number of benzene rings is 2. The Labute approximate surface area is 168 Å². The van der Waals surface area contributed by atoms with Crippen molar-refractivity contribution in [3.63, 3.8) is 0 Å². The molecule has 1 aromatic heterocycles. The van der Waals surface area contributed by atoms with Crippen molar-refractivity contribution in [3.8, 4) is 0 Å². The van der Waals surface area contributed by atoms with Gasteiger partial charge in [-0.2, -0.15) is 0 Å². The summed E-state index contributed by atoms with van der Waals surface area (Å²) in [6, 6.07) is 12.0. The molecule has 1 amide bonds. The van der Waals surface area contributed by atoms with Gasteiger partial charge in [-0.15, -0.1) is 0 Å². The van der Waals surface area contributed by atoms with Gasteiger partial charge in [0.15, 0.2) is 12.0 Å². The van der Waals surface area contributed by atoms with Gasteiger partial charge in [-0.25, -0.2) is 4.79 Å². The first-order chi connectivity index (χ1) is 13.9. The fourth-order valence-electron chi connectivity index (χ4n) is 3.15. The summed E-state index contributed by atoms with van der Waals surface area (Å²) in [5.74, 6) is -1.55. The first-order valence-corrected chi connectivity index (χ1v) is 9.55. The van der Waals surface area contributed by atoms with Crippen LogP contribution in [0.1, 0.15) is 41.1 Å². The van der Waals surface area contributed by atoms with E-state index in [9.17, 15) is 14.4 Å². The quantitative estimate of drug-likeness (QED) is 0.639. The number of hydrogen-bond acceptors (Lipinski definition) is 5. The van der Waals surface area contributed by atoms with Crippen molar-refractivity contribution in [1.82, 2.24) is 0 Å². The second-order valence-electron chi connectivity index (χ2n) is 6.76. The minimum absolute atomic E-state index is 0.234. The van der Waals surface area contributed by atoms with Crippen LogP contribution in [0.25, 0.3) is 11.0 Å². The molecule has 3 aromatic rings. The van der Waals surface area contributed by atoms with Gasteiger partial charge in [0.25, 0.3) is 5.91 Å². The monoisotopic (exact) mass is 393 g/mol. The third-order valence-electron chi connectivity index (χ3n) is 4.68. The number of rotatable bonds is 6. The lowest BCUT2D eigenvalue weighted by molar-refractivity contribution is -0.119. The fourth-order valence-corrected chi connectivity index (χ4v) is 3.15. The number of fused-ring (bicyclic) bond motifs is 1. The maximum Gasteiger partial charge on any atom is 0.374 e. The number of nitrogens with one attached hydrogen (secondary N) is 1. The second kappa shape index (κ2) is 8.73. The molecular formula is C23H23NO5. The van der Waals surface area contributed by atoms with Gasteiger partial charge in [-0.3, -0.25) is 9.59 Å². The number of para-hydroxylation sites is 1. The van der Waals surface area contributed by atoms with E-state index in [4.69, 9.17) is 9.15 Å². The normalized spacial score (nSPS) is 10.7. The lowest BCUT2D eigenvalue weighted by Gasteiger charge is -2.14. The number of hydrogen-bond donors (Lipinski definition) is 1. The molecule has 3 rings (SSSR count). The van der Waals surface area contributed by atoms with Crippen LogP contribution >= 0.6 is 0 Å². The van der Waals surface area contributed by atoms with E-state index in [2.05, 4.69) is 5.32 Å². The molecule has 29 heavy (non-hydrogen) atoms. The van der Waals surface area contributed by atoms with E-state index < -0.39 is 18.5 Å². The number of anilines is 1. The number of carbonyl (C=O) groups is 2. The Morgan fingerprint density at radius 2 is 1.72 bits per heavy atom. The summed E-state index contributed by atoms with van der Waals surface area (Å²) in [6.07, 6.45) is 1.54. The zero-order chi connectivity index (χ0) is 21.0. The molecule has 0 aliphatic carbocycles. The van der Waals surface area contributed by atoms with Crippen LogP contribution in [0.15, 0.2) is 51.7 Å². The molecule has 0 saturated heterocycles. The first kappa shape index (κ1) is 20.3. The van der Waals surface area contributed by atoms with Gasteiger partial charge >= 0.3 is 5.97 Å². The largest absolute Gasteiger partial charge is 0.450 e. The molecule has 1 N–H and O–H groups in total. The van der Waals surface area contributed by atoms with Crippen LogP contribution < -0.4 is 10.7 Å². The summed E-state index contributed by atoms with van der Waals surface area (Å²) in [5.41, 5.74) is 3.65. The van der Waals surface area contributed by atoms with Crippen molar-refractivity contribution in [2.75, 3.05) is 11.9 Å². The molecule has 2 aromatic carbocycles. The summed E-state index contributed by atoms with van der Waals surface area (Å²) in [5, 5.41) is 3.22. The molecule has 0 bridgehead atoms. The summed E-state index contributed by atoms with van der Waals surface area (Å²) in [7, 11) is 0. The molecule has 0 fully saturated rings. The molecular weight excluding hydrogens is 370 g/mol.